The summed E-state index contributed by atoms with van der Waals surface area (Å²) in [6, 6.07) is 1.33. The molecule has 3 nitrogen and oxygen atoms in total. The molecule has 0 bridgehead atoms. The van der Waals surface area contributed by atoms with Crippen molar-refractivity contribution in [3.8, 4) is 0 Å². The summed E-state index contributed by atoms with van der Waals surface area (Å²) in [5.41, 5.74) is 0. The summed E-state index contributed by atoms with van der Waals surface area (Å²) in [6.45, 7) is 5.08. The predicted molar refractivity (Wildman–Crippen MR) is 69.0 cm³/mol. The molecule has 3 rings (SSSR count). The quantitative estimate of drug-likeness (QED) is 0.789. The summed E-state index contributed by atoms with van der Waals surface area (Å²) in [6.07, 6.45) is 9.10. The number of rotatable bonds is 2. The largest absolute Gasteiger partial charge is 0.391 e. The van der Waals surface area contributed by atoms with Crippen molar-refractivity contribution in [2.24, 2.45) is 0 Å². The molecular formula is C14H26N2O. The van der Waals surface area contributed by atoms with Gasteiger partial charge in [0.05, 0.1) is 6.10 Å². The minimum absolute atomic E-state index is 0.0264. The topological polar surface area (TPSA) is 26.7 Å². The van der Waals surface area contributed by atoms with Crippen molar-refractivity contribution in [1.82, 2.24) is 9.80 Å². The standard InChI is InChI=1S/C14H26N2O/c17-14-5-4-13(14)16-10-6-12(7-11-16)15-8-2-1-3-9-15/h12-14,17H,1-11H2/t13-,14-/m0/s1. The van der Waals surface area contributed by atoms with Crippen molar-refractivity contribution < 1.29 is 5.11 Å². The van der Waals surface area contributed by atoms with Gasteiger partial charge in [-0.2, -0.15) is 0 Å². The SMILES string of the molecule is O[C@H]1CC[C@@H]1N1CCC(N2CCCCC2)CC1. The first kappa shape index (κ1) is 11.9. The summed E-state index contributed by atoms with van der Waals surface area (Å²) >= 11 is 0. The monoisotopic (exact) mass is 238 g/mol. The van der Waals surface area contributed by atoms with Crippen LogP contribution in [0.15, 0.2) is 0 Å². The molecule has 0 aromatic rings. The van der Waals surface area contributed by atoms with Gasteiger partial charge >= 0.3 is 0 Å². The lowest BCUT2D eigenvalue weighted by atomic mass is 9.86. The summed E-state index contributed by atoms with van der Waals surface area (Å²) in [5.74, 6) is 0. The van der Waals surface area contributed by atoms with E-state index in [1.54, 1.807) is 0 Å². The molecule has 0 unspecified atom stereocenters. The molecule has 3 fully saturated rings. The molecule has 2 aliphatic heterocycles. The molecule has 3 aliphatic rings. The van der Waals surface area contributed by atoms with Crippen LogP contribution in [0.2, 0.25) is 0 Å². The van der Waals surface area contributed by atoms with Crippen LogP contribution in [0.1, 0.15) is 44.9 Å². The number of nitrogens with zero attached hydrogens (tertiary/aromatic N) is 2. The molecule has 0 spiro atoms. The molecule has 17 heavy (non-hydrogen) atoms. The van der Waals surface area contributed by atoms with Gasteiger partial charge in [0.2, 0.25) is 0 Å². The van der Waals surface area contributed by atoms with Gasteiger partial charge in [-0.25, -0.2) is 0 Å². The summed E-state index contributed by atoms with van der Waals surface area (Å²) in [5, 5.41) is 9.72. The minimum atomic E-state index is -0.0264. The van der Waals surface area contributed by atoms with Crippen molar-refractivity contribution in [3.05, 3.63) is 0 Å². The van der Waals surface area contributed by atoms with Crippen LogP contribution >= 0.6 is 0 Å². The first-order valence-corrected chi connectivity index (χ1v) is 7.51. The molecule has 1 N–H and O–H groups in total. The van der Waals surface area contributed by atoms with Gasteiger partial charge in [0.15, 0.2) is 0 Å². The summed E-state index contributed by atoms with van der Waals surface area (Å²) in [4.78, 5) is 5.26. The van der Waals surface area contributed by atoms with Crippen LogP contribution < -0.4 is 0 Å². The summed E-state index contributed by atoms with van der Waals surface area (Å²) < 4.78 is 0. The Bertz CT molecular complexity index is 245. The third kappa shape index (κ3) is 2.51. The molecule has 2 heterocycles. The fraction of sp³-hybridized carbons (Fsp3) is 1.00. The lowest BCUT2D eigenvalue weighted by molar-refractivity contribution is -0.0393. The predicted octanol–water partition coefficient (Wildman–Crippen LogP) is 1.46. The van der Waals surface area contributed by atoms with E-state index in [1.807, 2.05) is 0 Å². The van der Waals surface area contributed by atoms with Gasteiger partial charge < -0.3 is 10.0 Å². The third-order valence-electron chi connectivity index (χ3n) is 5.08. The molecule has 2 atom stereocenters. The molecule has 98 valence electrons. The van der Waals surface area contributed by atoms with Crippen LogP contribution in [0.5, 0.6) is 0 Å². The van der Waals surface area contributed by atoms with E-state index in [9.17, 15) is 5.11 Å². The third-order valence-corrected chi connectivity index (χ3v) is 5.08. The fourth-order valence-corrected chi connectivity index (χ4v) is 3.76. The van der Waals surface area contributed by atoms with Crippen LogP contribution in [-0.2, 0) is 0 Å². The highest BCUT2D eigenvalue weighted by atomic mass is 16.3. The first-order chi connectivity index (χ1) is 8.34. The number of hydrogen-bond donors (Lipinski definition) is 1. The van der Waals surface area contributed by atoms with Gasteiger partial charge in [-0.15, -0.1) is 0 Å². The first-order valence-electron chi connectivity index (χ1n) is 7.51. The van der Waals surface area contributed by atoms with E-state index >= 15 is 0 Å². The van der Waals surface area contributed by atoms with Gasteiger partial charge in [0.1, 0.15) is 0 Å². The van der Waals surface area contributed by atoms with E-state index in [0.717, 1.165) is 12.5 Å². The summed E-state index contributed by atoms with van der Waals surface area (Å²) in [7, 11) is 0. The molecule has 2 saturated heterocycles. The highest BCUT2D eigenvalue weighted by Crippen LogP contribution is 2.29. The highest BCUT2D eigenvalue weighted by molar-refractivity contribution is 4.92. The number of aliphatic hydroxyl groups is 1. The normalized spacial score (nSPS) is 37.9. The highest BCUT2D eigenvalue weighted by Gasteiger charge is 2.36. The van der Waals surface area contributed by atoms with E-state index < -0.39 is 0 Å². The Kier molecular flexibility index (Phi) is 3.69. The zero-order valence-corrected chi connectivity index (χ0v) is 10.9. The maximum Gasteiger partial charge on any atom is 0.0696 e. The molecule has 1 saturated carbocycles. The van der Waals surface area contributed by atoms with Gasteiger partial charge in [0, 0.05) is 25.2 Å². The van der Waals surface area contributed by atoms with Crippen molar-refractivity contribution in [3.63, 3.8) is 0 Å². The smallest absolute Gasteiger partial charge is 0.0696 e. The van der Waals surface area contributed by atoms with Crippen LogP contribution in [0.4, 0.5) is 0 Å². The number of piperidine rings is 2. The molecule has 0 amide bonds. The second-order valence-electron chi connectivity index (χ2n) is 6.08. The zero-order chi connectivity index (χ0) is 11.7. The molecule has 1 aliphatic carbocycles. The second kappa shape index (κ2) is 5.25. The van der Waals surface area contributed by atoms with Crippen molar-refractivity contribution >= 4 is 0 Å². The van der Waals surface area contributed by atoms with Gasteiger partial charge in [-0.05, 0) is 51.6 Å². The van der Waals surface area contributed by atoms with E-state index in [2.05, 4.69) is 9.80 Å². The van der Waals surface area contributed by atoms with E-state index in [4.69, 9.17) is 0 Å². The van der Waals surface area contributed by atoms with Gasteiger partial charge in [-0.3, -0.25) is 4.90 Å². The van der Waals surface area contributed by atoms with Crippen molar-refractivity contribution in [2.75, 3.05) is 26.2 Å². The average molecular weight is 238 g/mol. The average Bonchev–Trinajstić information content (AvgIpc) is 2.39. The fourth-order valence-electron chi connectivity index (χ4n) is 3.76. The van der Waals surface area contributed by atoms with Crippen LogP contribution in [0.25, 0.3) is 0 Å². The Morgan fingerprint density at radius 2 is 1.41 bits per heavy atom. The molecule has 0 aromatic heterocycles. The maximum atomic E-state index is 9.72. The Labute approximate surface area is 105 Å². The van der Waals surface area contributed by atoms with E-state index in [-0.39, 0.29) is 6.10 Å². The molecule has 0 aromatic carbocycles. The Balaban J connectivity index is 1.46. The molecule has 3 heteroatoms. The van der Waals surface area contributed by atoms with Crippen LogP contribution in [0, 0.1) is 0 Å². The molecular weight excluding hydrogens is 212 g/mol. The molecule has 0 radical (unpaired) electrons. The van der Waals surface area contributed by atoms with E-state index in [1.165, 1.54) is 64.7 Å². The van der Waals surface area contributed by atoms with E-state index in [0.29, 0.717) is 6.04 Å². The zero-order valence-electron chi connectivity index (χ0n) is 10.9. The maximum absolute atomic E-state index is 9.72. The number of hydrogen-bond acceptors (Lipinski definition) is 3. The van der Waals surface area contributed by atoms with Crippen molar-refractivity contribution in [1.29, 1.82) is 0 Å². The number of aliphatic hydroxyl groups excluding tert-OH is 1. The Morgan fingerprint density at radius 3 is 1.94 bits per heavy atom. The lowest BCUT2D eigenvalue weighted by Crippen LogP contribution is -2.55. The minimum Gasteiger partial charge on any atom is -0.391 e. The Hall–Kier alpha value is -0.120. The van der Waals surface area contributed by atoms with Crippen LogP contribution in [0.3, 0.4) is 0 Å². The Morgan fingerprint density at radius 1 is 0.706 bits per heavy atom. The number of likely N-dealkylation sites (tertiary alicyclic amines) is 2. The van der Waals surface area contributed by atoms with Gasteiger partial charge in [-0.1, -0.05) is 6.42 Å². The van der Waals surface area contributed by atoms with Crippen LogP contribution in [-0.4, -0.2) is 59.3 Å². The second-order valence-corrected chi connectivity index (χ2v) is 6.08. The lowest BCUT2D eigenvalue weighted by Gasteiger charge is -2.47. The van der Waals surface area contributed by atoms with Crippen molar-refractivity contribution in [2.45, 2.75) is 63.1 Å². The van der Waals surface area contributed by atoms with Gasteiger partial charge in [0.25, 0.3) is 0 Å².